The monoisotopic (exact) mass is 213 g/mol. The predicted molar refractivity (Wildman–Crippen MR) is 56.3 cm³/mol. The minimum atomic E-state index is -0.799. The van der Waals surface area contributed by atoms with Gasteiger partial charge in [0.05, 0.1) is 5.92 Å². The molecule has 4 heteroatoms. The maximum Gasteiger partial charge on any atom is 0.308 e. The fraction of sp³-hybridized carbons (Fsp3) is 0.818. The highest BCUT2D eigenvalue weighted by atomic mass is 16.4. The highest BCUT2D eigenvalue weighted by Gasteiger charge is 2.39. The lowest BCUT2D eigenvalue weighted by atomic mass is 9.95. The van der Waals surface area contributed by atoms with E-state index in [1.165, 1.54) is 0 Å². The van der Waals surface area contributed by atoms with Crippen LogP contribution in [0.5, 0.6) is 0 Å². The van der Waals surface area contributed by atoms with Gasteiger partial charge in [0.1, 0.15) is 0 Å². The molecule has 15 heavy (non-hydrogen) atoms. The highest BCUT2D eigenvalue weighted by molar-refractivity contribution is 5.83. The zero-order valence-corrected chi connectivity index (χ0v) is 9.78. The van der Waals surface area contributed by atoms with Gasteiger partial charge in [0, 0.05) is 18.5 Å². The van der Waals surface area contributed by atoms with Crippen LogP contribution >= 0.6 is 0 Å². The number of aliphatic carboxylic acids is 1. The molecule has 0 saturated carbocycles. The van der Waals surface area contributed by atoms with E-state index in [4.69, 9.17) is 5.11 Å². The summed E-state index contributed by atoms with van der Waals surface area (Å²) in [6.45, 7) is 8.37. The van der Waals surface area contributed by atoms with E-state index < -0.39 is 17.3 Å². The fourth-order valence-corrected chi connectivity index (χ4v) is 1.93. The molecule has 1 aliphatic heterocycles. The molecule has 1 amide bonds. The molecule has 0 bridgehead atoms. The van der Waals surface area contributed by atoms with Crippen LogP contribution in [0.25, 0.3) is 0 Å². The predicted octanol–water partition coefficient (Wildman–Crippen LogP) is 1.21. The number of carboxylic acids is 1. The van der Waals surface area contributed by atoms with Crippen LogP contribution in [0, 0.1) is 17.3 Å². The second-order valence-corrected chi connectivity index (χ2v) is 5.38. The zero-order chi connectivity index (χ0) is 11.8. The molecule has 0 aliphatic carbocycles. The van der Waals surface area contributed by atoms with Crippen molar-refractivity contribution < 1.29 is 14.7 Å². The van der Waals surface area contributed by atoms with Gasteiger partial charge in [0.2, 0.25) is 5.91 Å². The van der Waals surface area contributed by atoms with Gasteiger partial charge in [-0.3, -0.25) is 9.59 Å². The van der Waals surface area contributed by atoms with Crippen LogP contribution in [-0.2, 0) is 9.59 Å². The number of carbonyl (C=O) groups is 2. The second kappa shape index (κ2) is 3.83. The van der Waals surface area contributed by atoms with Crippen molar-refractivity contribution in [2.75, 3.05) is 13.1 Å². The molecule has 2 unspecified atom stereocenters. The maximum absolute atomic E-state index is 11.9. The Morgan fingerprint density at radius 3 is 2.13 bits per heavy atom. The van der Waals surface area contributed by atoms with Crippen molar-refractivity contribution in [2.24, 2.45) is 17.3 Å². The summed E-state index contributed by atoms with van der Waals surface area (Å²) in [7, 11) is 0. The second-order valence-electron chi connectivity index (χ2n) is 5.38. The summed E-state index contributed by atoms with van der Waals surface area (Å²) in [6, 6.07) is 0. The summed E-state index contributed by atoms with van der Waals surface area (Å²) < 4.78 is 0. The summed E-state index contributed by atoms with van der Waals surface area (Å²) in [5.41, 5.74) is -0.423. The Kier molecular flexibility index (Phi) is 3.07. The maximum atomic E-state index is 11.9. The third-order valence-electron chi connectivity index (χ3n) is 2.86. The number of rotatable bonds is 1. The first-order chi connectivity index (χ1) is 6.73. The molecular weight excluding hydrogens is 194 g/mol. The third kappa shape index (κ3) is 2.49. The summed E-state index contributed by atoms with van der Waals surface area (Å²) in [5, 5.41) is 8.95. The van der Waals surface area contributed by atoms with Crippen molar-refractivity contribution in [3.05, 3.63) is 0 Å². The van der Waals surface area contributed by atoms with Crippen LogP contribution < -0.4 is 0 Å². The van der Waals surface area contributed by atoms with Crippen LogP contribution in [0.1, 0.15) is 27.7 Å². The standard InChI is InChI=1S/C11H19NO3/c1-7-5-12(6-8(7)9(13)14)10(15)11(2,3)4/h7-8H,5-6H2,1-4H3,(H,13,14). The fourth-order valence-electron chi connectivity index (χ4n) is 1.93. The van der Waals surface area contributed by atoms with E-state index >= 15 is 0 Å². The van der Waals surface area contributed by atoms with Crippen molar-refractivity contribution in [3.63, 3.8) is 0 Å². The molecule has 0 aromatic heterocycles. The van der Waals surface area contributed by atoms with Crippen LogP contribution in [0.2, 0.25) is 0 Å². The van der Waals surface area contributed by atoms with Gasteiger partial charge in [-0.2, -0.15) is 0 Å². The zero-order valence-electron chi connectivity index (χ0n) is 9.78. The number of nitrogens with zero attached hydrogens (tertiary/aromatic N) is 1. The quantitative estimate of drug-likeness (QED) is 0.712. The first-order valence-corrected chi connectivity index (χ1v) is 5.25. The van der Waals surface area contributed by atoms with E-state index in [0.717, 1.165) is 0 Å². The first kappa shape index (κ1) is 12.0. The first-order valence-electron chi connectivity index (χ1n) is 5.25. The van der Waals surface area contributed by atoms with Gasteiger partial charge in [-0.25, -0.2) is 0 Å². The minimum Gasteiger partial charge on any atom is -0.481 e. The van der Waals surface area contributed by atoms with Gasteiger partial charge in [0.25, 0.3) is 0 Å². The van der Waals surface area contributed by atoms with Gasteiger partial charge in [-0.05, 0) is 5.92 Å². The van der Waals surface area contributed by atoms with Gasteiger partial charge >= 0.3 is 5.97 Å². The highest BCUT2D eigenvalue weighted by Crippen LogP contribution is 2.27. The van der Waals surface area contributed by atoms with E-state index in [2.05, 4.69) is 0 Å². The number of likely N-dealkylation sites (tertiary alicyclic amines) is 1. The minimum absolute atomic E-state index is 0.0399. The molecule has 1 aliphatic rings. The lowest BCUT2D eigenvalue weighted by Crippen LogP contribution is -2.38. The Hall–Kier alpha value is -1.06. The summed E-state index contributed by atoms with van der Waals surface area (Å²) in [5.74, 6) is -1.12. The lowest BCUT2D eigenvalue weighted by molar-refractivity contribution is -0.143. The van der Waals surface area contributed by atoms with Crippen molar-refractivity contribution in [3.8, 4) is 0 Å². The molecule has 4 nitrogen and oxygen atoms in total. The molecule has 0 aromatic rings. The average Bonchev–Trinajstić information content (AvgIpc) is 2.44. The molecule has 1 N–H and O–H groups in total. The smallest absolute Gasteiger partial charge is 0.308 e. The summed E-state index contributed by atoms with van der Waals surface area (Å²) >= 11 is 0. The molecular formula is C11H19NO3. The molecule has 1 rings (SSSR count). The van der Waals surface area contributed by atoms with Gasteiger partial charge in [-0.1, -0.05) is 27.7 Å². The van der Waals surface area contributed by atoms with E-state index in [1.807, 2.05) is 27.7 Å². The largest absolute Gasteiger partial charge is 0.481 e. The molecule has 1 fully saturated rings. The Bertz CT molecular complexity index is 280. The van der Waals surface area contributed by atoms with E-state index in [9.17, 15) is 9.59 Å². The van der Waals surface area contributed by atoms with Crippen LogP contribution in [0.4, 0.5) is 0 Å². The lowest BCUT2D eigenvalue weighted by Gasteiger charge is -2.25. The SMILES string of the molecule is CC1CN(C(=O)C(C)(C)C)CC1C(=O)O. The normalized spacial score (nSPS) is 26.8. The van der Waals surface area contributed by atoms with Crippen LogP contribution in [-0.4, -0.2) is 35.0 Å². The Labute approximate surface area is 90.3 Å². The Morgan fingerprint density at radius 2 is 1.80 bits per heavy atom. The topological polar surface area (TPSA) is 57.6 Å². The number of hydrogen-bond donors (Lipinski definition) is 1. The third-order valence-corrected chi connectivity index (χ3v) is 2.86. The van der Waals surface area contributed by atoms with E-state index in [-0.39, 0.29) is 11.8 Å². The molecule has 0 aromatic carbocycles. The molecule has 86 valence electrons. The van der Waals surface area contributed by atoms with Gasteiger partial charge in [-0.15, -0.1) is 0 Å². The Balaban J connectivity index is 2.71. The molecule has 2 atom stereocenters. The van der Waals surface area contributed by atoms with Crippen LogP contribution in [0.3, 0.4) is 0 Å². The molecule has 1 saturated heterocycles. The molecule has 0 spiro atoms. The van der Waals surface area contributed by atoms with Crippen molar-refractivity contribution in [2.45, 2.75) is 27.7 Å². The molecule has 0 radical (unpaired) electrons. The number of hydrogen-bond acceptors (Lipinski definition) is 2. The van der Waals surface area contributed by atoms with Crippen molar-refractivity contribution in [1.29, 1.82) is 0 Å². The average molecular weight is 213 g/mol. The van der Waals surface area contributed by atoms with Gasteiger partial charge < -0.3 is 10.0 Å². The summed E-state index contributed by atoms with van der Waals surface area (Å²) in [6.07, 6.45) is 0. The van der Waals surface area contributed by atoms with Crippen molar-refractivity contribution in [1.82, 2.24) is 4.90 Å². The van der Waals surface area contributed by atoms with Crippen molar-refractivity contribution >= 4 is 11.9 Å². The number of carbonyl (C=O) groups excluding carboxylic acids is 1. The van der Waals surface area contributed by atoms with Crippen LogP contribution in [0.15, 0.2) is 0 Å². The number of amides is 1. The molecule has 1 heterocycles. The van der Waals surface area contributed by atoms with Gasteiger partial charge in [0.15, 0.2) is 0 Å². The van der Waals surface area contributed by atoms with E-state index in [1.54, 1.807) is 4.90 Å². The number of carboxylic acid groups (broad SMARTS) is 1. The van der Waals surface area contributed by atoms with E-state index in [0.29, 0.717) is 13.1 Å². The Morgan fingerprint density at radius 1 is 1.27 bits per heavy atom. The summed E-state index contributed by atoms with van der Waals surface area (Å²) in [4.78, 5) is 24.5.